The van der Waals surface area contributed by atoms with E-state index >= 15 is 0 Å². The van der Waals surface area contributed by atoms with E-state index in [1.54, 1.807) is 6.92 Å². The maximum Gasteiger partial charge on any atom is 0.331 e. The number of hydrogen-bond acceptors (Lipinski definition) is 3. The number of carboxylic acid groups (broad SMARTS) is 1. The lowest BCUT2D eigenvalue weighted by molar-refractivity contribution is -0.133. The fourth-order valence-electron chi connectivity index (χ4n) is 2.74. The Hall–Kier alpha value is -1.85. The van der Waals surface area contributed by atoms with Crippen LogP contribution >= 0.6 is 0 Å². The summed E-state index contributed by atoms with van der Waals surface area (Å²) >= 11 is 0. The molecule has 0 atom stereocenters. The minimum Gasteiger partial charge on any atom is -0.478 e. The number of amides is 3. The van der Waals surface area contributed by atoms with Gasteiger partial charge in [0, 0.05) is 12.1 Å². The lowest BCUT2D eigenvalue weighted by atomic mass is 9.98. The Morgan fingerprint density at radius 2 is 2.05 bits per heavy atom. The Labute approximate surface area is 111 Å². The second kappa shape index (κ2) is 5.03. The molecule has 1 saturated heterocycles. The first-order valence-electron chi connectivity index (χ1n) is 6.56. The van der Waals surface area contributed by atoms with Gasteiger partial charge in [-0.25, -0.2) is 9.59 Å². The molecule has 3 amide bonds. The monoisotopic (exact) mass is 266 g/mol. The zero-order valence-corrected chi connectivity index (χ0v) is 10.9. The smallest absolute Gasteiger partial charge is 0.331 e. The van der Waals surface area contributed by atoms with Crippen LogP contribution in [-0.2, 0) is 9.59 Å². The number of nitrogens with zero attached hydrogens (tertiary/aromatic N) is 1. The van der Waals surface area contributed by atoms with Gasteiger partial charge < -0.3 is 10.4 Å². The van der Waals surface area contributed by atoms with Crippen LogP contribution in [0.25, 0.3) is 0 Å². The Balaban J connectivity index is 2.11. The Kier molecular flexibility index (Phi) is 3.59. The molecule has 19 heavy (non-hydrogen) atoms. The van der Waals surface area contributed by atoms with Crippen molar-refractivity contribution in [1.82, 2.24) is 10.2 Å². The van der Waals surface area contributed by atoms with Crippen LogP contribution in [-0.4, -0.2) is 40.0 Å². The second-order valence-corrected chi connectivity index (χ2v) is 5.02. The van der Waals surface area contributed by atoms with E-state index in [4.69, 9.17) is 5.11 Å². The van der Waals surface area contributed by atoms with Crippen LogP contribution in [0, 0.1) is 0 Å². The second-order valence-electron chi connectivity index (χ2n) is 5.02. The lowest BCUT2D eigenvalue weighted by Crippen LogP contribution is -2.44. The van der Waals surface area contributed by atoms with Gasteiger partial charge in [-0.15, -0.1) is 0 Å². The summed E-state index contributed by atoms with van der Waals surface area (Å²) in [6.45, 7) is 1.76. The molecule has 0 aromatic carbocycles. The summed E-state index contributed by atoms with van der Waals surface area (Å²) in [6.07, 6.45) is 5.03. The number of rotatable bonds is 4. The van der Waals surface area contributed by atoms with Crippen molar-refractivity contribution in [3.05, 3.63) is 11.6 Å². The summed E-state index contributed by atoms with van der Waals surface area (Å²) in [6, 6.07) is -0.413. The molecule has 2 fully saturated rings. The number of carbonyl (C=O) groups excluding carboxylic acids is 2. The predicted molar refractivity (Wildman–Crippen MR) is 67.5 cm³/mol. The van der Waals surface area contributed by atoms with Crippen molar-refractivity contribution in [2.75, 3.05) is 6.54 Å². The van der Waals surface area contributed by atoms with Gasteiger partial charge in [-0.3, -0.25) is 9.69 Å². The van der Waals surface area contributed by atoms with Crippen molar-refractivity contribution in [3.63, 3.8) is 0 Å². The molecule has 6 heteroatoms. The minimum absolute atomic E-state index is 0.0297. The molecule has 0 aromatic heterocycles. The molecule has 0 bridgehead atoms. The summed E-state index contributed by atoms with van der Waals surface area (Å²) in [5.74, 6) is -1.22. The van der Waals surface area contributed by atoms with E-state index < -0.39 is 17.5 Å². The third-order valence-electron chi connectivity index (χ3n) is 3.88. The summed E-state index contributed by atoms with van der Waals surface area (Å²) in [7, 11) is 0. The molecule has 0 aromatic rings. The Bertz CT molecular complexity index is 450. The van der Waals surface area contributed by atoms with E-state index in [1.807, 2.05) is 0 Å². The number of hydrogen-bond donors (Lipinski definition) is 2. The molecule has 2 aliphatic rings. The molecule has 1 saturated carbocycles. The van der Waals surface area contributed by atoms with Crippen molar-refractivity contribution < 1.29 is 19.5 Å². The molecule has 104 valence electrons. The molecule has 1 aliphatic heterocycles. The van der Waals surface area contributed by atoms with Gasteiger partial charge in [-0.2, -0.15) is 0 Å². The highest BCUT2D eigenvalue weighted by Crippen LogP contribution is 2.34. The average molecular weight is 266 g/mol. The maximum absolute atomic E-state index is 12.3. The highest BCUT2D eigenvalue weighted by Gasteiger charge is 2.51. The topological polar surface area (TPSA) is 86.7 Å². The number of carbonyl (C=O) groups is 3. The number of nitrogens with one attached hydrogen (secondary N) is 1. The van der Waals surface area contributed by atoms with Crippen molar-refractivity contribution in [2.24, 2.45) is 0 Å². The van der Waals surface area contributed by atoms with E-state index in [0.29, 0.717) is 19.3 Å². The van der Waals surface area contributed by atoms with E-state index in [0.717, 1.165) is 17.7 Å². The zero-order chi connectivity index (χ0) is 14.0. The Morgan fingerprint density at radius 3 is 2.58 bits per heavy atom. The molecule has 1 spiro atoms. The minimum atomic E-state index is -1.01. The molecule has 0 unspecified atom stereocenters. The molecule has 6 nitrogen and oxygen atoms in total. The quantitative estimate of drug-likeness (QED) is 0.592. The first-order chi connectivity index (χ1) is 9.00. The van der Waals surface area contributed by atoms with Gasteiger partial charge in [0.05, 0.1) is 0 Å². The zero-order valence-electron chi connectivity index (χ0n) is 10.9. The normalized spacial score (nSPS) is 22.2. The number of imide groups is 1. The van der Waals surface area contributed by atoms with Gasteiger partial charge in [-0.05, 0) is 19.3 Å². The van der Waals surface area contributed by atoms with Crippen LogP contribution in [0.2, 0.25) is 0 Å². The molecule has 2 rings (SSSR count). The van der Waals surface area contributed by atoms with Gasteiger partial charge in [-0.1, -0.05) is 25.8 Å². The van der Waals surface area contributed by atoms with E-state index in [9.17, 15) is 14.4 Å². The maximum atomic E-state index is 12.3. The van der Waals surface area contributed by atoms with Gasteiger partial charge in [0.15, 0.2) is 0 Å². The number of carboxylic acids is 1. The fraction of sp³-hybridized carbons (Fsp3) is 0.615. The van der Waals surface area contributed by atoms with Crippen LogP contribution < -0.4 is 5.32 Å². The highest BCUT2D eigenvalue weighted by atomic mass is 16.4. The third kappa shape index (κ3) is 2.34. The Morgan fingerprint density at radius 1 is 1.42 bits per heavy atom. The summed E-state index contributed by atoms with van der Waals surface area (Å²) < 4.78 is 0. The van der Waals surface area contributed by atoms with Crippen molar-refractivity contribution in [1.29, 1.82) is 0 Å². The van der Waals surface area contributed by atoms with Crippen LogP contribution in [0.3, 0.4) is 0 Å². The first kappa shape index (κ1) is 13.6. The predicted octanol–water partition coefficient (Wildman–Crippen LogP) is 1.27. The number of urea groups is 1. The summed E-state index contributed by atoms with van der Waals surface area (Å²) in [5.41, 5.74) is -0.506. The van der Waals surface area contributed by atoms with Crippen LogP contribution in [0.15, 0.2) is 11.6 Å². The summed E-state index contributed by atoms with van der Waals surface area (Å²) in [5, 5.41) is 11.7. The van der Waals surface area contributed by atoms with Gasteiger partial charge in [0.2, 0.25) is 0 Å². The lowest BCUT2D eigenvalue weighted by Gasteiger charge is -2.19. The third-order valence-corrected chi connectivity index (χ3v) is 3.88. The van der Waals surface area contributed by atoms with E-state index in [2.05, 4.69) is 5.32 Å². The van der Waals surface area contributed by atoms with Crippen molar-refractivity contribution in [3.8, 4) is 0 Å². The van der Waals surface area contributed by atoms with Crippen LogP contribution in [0.1, 0.15) is 39.0 Å². The van der Waals surface area contributed by atoms with E-state index in [-0.39, 0.29) is 18.0 Å². The van der Waals surface area contributed by atoms with Crippen LogP contribution in [0.5, 0.6) is 0 Å². The molecule has 2 N–H and O–H groups in total. The van der Waals surface area contributed by atoms with Crippen LogP contribution in [0.4, 0.5) is 4.79 Å². The van der Waals surface area contributed by atoms with Crippen molar-refractivity contribution >= 4 is 17.9 Å². The van der Waals surface area contributed by atoms with Gasteiger partial charge in [0.1, 0.15) is 5.54 Å². The summed E-state index contributed by atoms with van der Waals surface area (Å²) in [4.78, 5) is 36.1. The molecular weight excluding hydrogens is 248 g/mol. The SMILES string of the molecule is CCC(=CCN1C(=O)NC2(CCCC2)C1=O)C(=O)O. The van der Waals surface area contributed by atoms with Gasteiger partial charge >= 0.3 is 12.0 Å². The molecular formula is C13H18N2O4. The molecule has 1 heterocycles. The highest BCUT2D eigenvalue weighted by molar-refractivity contribution is 6.07. The standard InChI is InChI=1S/C13H18N2O4/c1-2-9(10(16)17)5-8-15-11(18)13(14-12(15)19)6-3-4-7-13/h5H,2-4,6-8H2,1H3,(H,14,19)(H,16,17). The van der Waals surface area contributed by atoms with E-state index in [1.165, 1.54) is 6.08 Å². The van der Waals surface area contributed by atoms with Crippen molar-refractivity contribution in [2.45, 2.75) is 44.6 Å². The fourth-order valence-corrected chi connectivity index (χ4v) is 2.74. The van der Waals surface area contributed by atoms with Gasteiger partial charge in [0.25, 0.3) is 5.91 Å². The largest absolute Gasteiger partial charge is 0.478 e. The molecule has 1 aliphatic carbocycles. The average Bonchev–Trinajstić information content (AvgIpc) is 2.90. The molecule has 0 radical (unpaired) electrons. The number of aliphatic carboxylic acids is 1. The first-order valence-corrected chi connectivity index (χ1v) is 6.56.